The Kier molecular flexibility index (Phi) is 6.01. The van der Waals surface area contributed by atoms with E-state index in [9.17, 15) is 21.6 Å². The van der Waals surface area contributed by atoms with Gasteiger partial charge in [-0.2, -0.15) is 8.42 Å². The highest BCUT2D eigenvalue weighted by molar-refractivity contribution is 7.94. The molecule has 2 N–H and O–H groups in total. The van der Waals surface area contributed by atoms with Gasteiger partial charge < -0.3 is 5.32 Å². The molecule has 0 bridgehead atoms. The van der Waals surface area contributed by atoms with Gasteiger partial charge in [0.05, 0.1) is 17.6 Å². The van der Waals surface area contributed by atoms with E-state index in [4.69, 9.17) is 0 Å². The predicted molar refractivity (Wildman–Crippen MR) is 108 cm³/mol. The average molecular weight is 448 g/mol. The van der Waals surface area contributed by atoms with Gasteiger partial charge in [-0.05, 0) is 18.2 Å². The second-order valence-corrected chi connectivity index (χ2v) is 11.8. The van der Waals surface area contributed by atoms with E-state index in [-0.39, 0.29) is 26.8 Å². The minimum atomic E-state index is -4.07. The third kappa shape index (κ3) is 5.39. The van der Waals surface area contributed by atoms with Crippen LogP contribution in [0, 0.1) is 5.41 Å². The minimum absolute atomic E-state index is 0.0610. The predicted octanol–water partition coefficient (Wildman–Crippen LogP) is 1.72. The summed E-state index contributed by atoms with van der Waals surface area (Å²) in [5, 5.41) is 9.88. The first kappa shape index (κ1) is 22.0. The smallest absolute Gasteiger partial charge is 0.291 e. The van der Waals surface area contributed by atoms with Crippen LogP contribution in [0.1, 0.15) is 20.8 Å². The summed E-state index contributed by atoms with van der Waals surface area (Å²) in [6.45, 7) is 5.13. The summed E-state index contributed by atoms with van der Waals surface area (Å²) in [4.78, 5) is 12.0. The lowest BCUT2D eigenvalue weighted by molar-refractivity contribution is -0.123. The molecule has 0 radical (unpaired) electrons. The summed E-state index contributed by atoms with van der Waals surface area (Å²) in [5.41, 5.74) is -0.226. The molecule has 0 aliphatic rings. The molecule has 0 aliphatic heterocycles. The van der Waals surface area contributed by atoms with E-state index < -0.39 is 25.5 Å². The van der Waals surface area contributed by atoms with E-state index in [1.54, 1.807) is 20.8 Å². The Morgan fingerprint density at radius 1 is 1.14 bits per heavy atom. The van der Waals surface area contributed by atoms with Crippen LogP contribution in [0.25, 0.3) is 0 Å². The number of nitrogens with one attached hydrogen (secondary N) is 2. The molecule has 28 heavy (non-hydrogen) atoms. The van der Waals surface area contributed by atoms with Crippen molar-refractivity contribution in [1.82, 2.24) is 10.2 Å². The Hall–Kier alpha value is -2.25. The fourth-order valence-electron chi connectivity index (χ4n) is 1.81. The molecule has 1 aromatic carbocycles. The van der Waals surface area contributed by atoms with Crippen molar-refractivity contribution in [2.45, 2.75) is 25.1 Å². The van der Waals surface area contributed by atoms with Crippen molar-refractivity contribution < 1.29 is 21.6 Å². The second-order valence-electron chi connectivity index (χ2n) is 6.96. The highest BCUT2D eigenvalue weighted by atomic mass is 32.2. The zero-order valence-electron chi connectivity index (χ0n) is 15.9. The molecular weight excluding hydrogens is 426 g/mol. The highest BCUT2D eigenvalue weighted by Gasteiger charge is 2.25. The number of anilines is 3. The van der Waals surface area contributed by atoms with Crippen molar-refractivity contribution in [2.24, 2.45) is 5.41 Å². The minimum Gasteiger partial charge on any atom is -0.300 e. The Bertz CT molecular complexity index is 1090. The number of carbonyl (C=O) groups excluding carboxylic acids is 1. The van der Waals surface area contributed by atoms with Gasteiger partial charge >= 0.3 is 0 Å². The Balaban J connectivity index is 2.22. The summed E-state index contributed by atoms with van der Waals surface area (Å²) in [6.07, 6.45) is 1.04. The van der Waals surface area contributed by atoms with Gasteiger partial charge in [0, 0.05) is 12.5 Å². The molecule has 0 fully saturated rings. The maximum absolute atomic E-state index is 12.5. The number of nitrogens with zero attached hydrogens (tertiary/aromatic N) is 3. The van der Waals surface area contributed by atoms with Crippen LogP contribution < -0.4 is 14.3 Å². The first-order valence-electron chi connectivity index (χ1n) is 7.92. The van der Waals surface area contributed by atoms with Crippen LogP contribution in [0.3, 0.4) is 0 Å². The maximum atomic E-state index is 12.5. The third-order valence-electron chi connectivity index (χ3n) is 3.50. The van der Waals surface area contributed by atoms with E-state index in [2.05, 4.69) is 20.2 Å². The topological polar surface area (TPSA) is 138 Å². The van der Waals surface area contributed by atoms with Gasteiger partial charge in [-0.1, -0.05) is 38.2 Å². The number of hydrogen-bond acceptors (Lipinski definition) is 8. The average Bonchev–Trinajstić information content (AvgIpc) is 3.01. The quantitative estimate of drug-likeness (QED) is 0.643. The molecule has 1 aromatic heterocycles. The van der Waals surface area contributed by atoms with E-state index in [0.717, 1.165) is 10.6 Å². The largest absolute Gasteiger partial charge is 0.300 e. The molecule has 0 unspecified atom stereocenters. The zero-order chi connectivity index (χ0) is 21.3. The standard InChI is InChI=1S/C15H21N5O5S3/c1-15(2,3)12(21)16-13-17-18-14(26-13)28(24,25)19-10-7-6-8-11(9-10)20(4)27(5,22)23/h6-9,19H,1-5H3,(H,16,17,21). The maximum Gasteiger partial charge on any atom is 0.291 e. The molecule has 2 aromatic rings. The van der Waals surface area contributed by atoms with E-state index in [0.29, 0.717) is 11.3 Å². The Morgan fingerprint density at radius 2 is 1.79 bits per heavy atom. The fourth-order valence-corrected chi connectivity index (χ4v) is 4.25. The molecule has 1 amide bonds. The van der Waals surface area contributed by atoms with Crippen molar-refractivity contribution >= 4 is 53.8 Å². The van der Waals surface area contributed by atoms with E-state index >= 15 is 0 Å². The van der Waals surface area contributed by atoms with Gasteiger partial charge in [-0.3, -0.25) is 13.8 Å². The fraction of sp³-hybridized carbons (Fsp3) is 0.400. The molecule has 0 aliphatic carbocycles. The monoisotopic (exact) mass is 447 g/mol. The molecule has 1 heterocycles. The normalized spacial score (nSPS) is 12.5. The van der Waals surface area contributed by atoms with E-state index in [1.807, 2.05) is 0 Å². The second kappa shape index (κ2) is 7.64. The SMILES string of the molecule is CN(c1cccc(NS(=O)(=O)c2nnc(NC(=O)C(C)(C)C)s2)c1)S(C)(=O)=O. The van der Waals surface area contributed by atoms with Crippen molar-refractivity contribution in [2.75, 3.05) is 27.6 Å². The first-order valence-corrected chi connectivity index (χ1v) is 12.1. The summed E-state index contributed by atoms with van der Waals surface area (Å²) in [6, 6.07) is 5.90. The van der Waals surface area contributed by atoms with Gasteiger partial charge in [0.2, 0.25) is 21.1 Å². The van der Waals surface area contributed by atoms with Gasteiger partial charge in [-0.15, -0.1) is 10.2 Å². The molecular formula is C15H21N5O5S3. The van der Waals surface area contributed by atoms with Gasteiger partial charge in [0.25, 0.3) is 14.4 Å². The van der Waals surface area contributed by atoms with Crippen LogP contribution >= 0.6 is 11.3 Å². The van der Waals surface area contributed by atoms with Crippen LogP contribution in [0.2, 0.25) is 0 Å². The van der Waals surface area contributed by atoms with Crippen molar-refractivity contribution in [1.29, 1.82) is 0 Å². The molecule has 0 spiro atoms. The lowest BCUT2D eigenvalue weighted by atomic mass is 9.96. The summed E-state index contributed by atoms with van der Waals surface area (Å²) in [7, 11) is -6.20. The van der Waals surface area contributed by atoms with Gasteiger partial charge in [0.1, 0.15) is 0 Å². The van der Waals surface area contributed by atoms with Gasteiger partial charge in [0.15, 0.2) is 0 Å². The lowest BCUT2D eigenvalue weighted by Crippen LogP contribution is -2.27. The zero-order valence-corrected chi connectivity index (χ0v) is 18.4. The summed E-state index contributed by atoms with van der Waals surface area (Å²) >= 11 is 0.707. The molecule has 13 heteroatoms. The van der Waals surface area contributed by atoms with Crippen LogP contribution in [0.4, 0.5) is 16.5 Å². The molecule has 2 rings (SSSR count). The summed E-state index contributed by atoms with van der Waals surface area (Å²) < 4.78 is 51.4. The number of rotatable bonds is 6. The van der Waals surface area contributed by atoms with Crippen molar-refractivity contribution in [3.8, 4) is 0 Å². The van der Waals surface area contributed by atoms with Crippen LogP contribution in [0.5, 0.6) is 0 Å². The highest BCUT2D eigenvalue weighted by Crippen LogP contribution is 2.26. The summed E-state index contributed by atoms with van der Waals surface area (Å²) in [5.74, 6) is -0.322. The Morgan fingerprint density at radius 3 is 2.36 bits per heavy atom. The molecule has 154 valence electrons. The third-order valence-corrected chi connectivity index (χ3v) is 7.29. The molecule has 0 atom stereocenters. The number of amides is 1. The number of benzene rings is 1. The van der Waals surface area contributed by atoms with E-state index in [1.165, 1.54) is 31.3 Å². The van der Waals surface area contributed by atoms with Crippen molar-refractivity contribution in [3.05, 3.63) is 24.3 Å². The number of sulfonamides is 2. The molecule has 10 nitrogen and oxygen atoms in total. The molecule has 0 saturated heterocycles. The van der Waals surface area contributed by atoms with Crippen LogP contribution in [0.15, 0.2) is 28.6 Å². The van der Waals surface area contributed by atoms with Gasteiger partial charge in [-0.25, -0.2) is 8.42 Å². The number of hydrogen-bond donors (Lipinski definition) is 2. The van der Waals surface area contributed by atoms with Crippen molar-refractivity contribution in [3.63, 3.8) is 0 Å². The lowest BCUT2D eigenvalue weighted by Gasteiger charge is -2.17. The number of aromatic nitrogens is 2. The number of carbonyl (C=O) groups is 1. The first-order chi connectivity index (χ1) is 12.7. The Labute approximate surface area is 168 Å². The molecule has 0 saturated carbocycles. The van der Waals surface area contributed by atoms with Crippen LogP contribution in [-0.2, 0) is 24.8 Å². The van der Waals surface area contributed by atoms with Crippen LogP contribution in [-0.4, -0.2) is 46.2 Å².